The highest BCUT2D eigenvalue weighted by molar-refractivity contribution is 5.59. The highest BCUT2D eigenvalue weighted by Crippen LogP contribution is 2.23. The zero-order valence-electron chi connectivity index (χ0n) is 13.2. The number of rotatable bonds is 7. The first-order valence-electron chi connectivity index (χ1n) is 7.78. The van der Waals surface area contributed by atoms with E-state index in [4.69, 9.17) is 0 Å². The number of hydrogen-bond acceptors (Lipinski definition) is 3. The molecule has 0 amide bonds. The van der Waals surface area contributed by atoms with Crippen LogP contribution in [0, 0.1) is 0 Å². The summed E-state index contributed by atoms with van der Waals surface area (Å²) in [6.07, 6.45) is 3.13. The highest BCUT2D eigenvalue weighted by Gasteiger charge is 2.09. The number of benzene rings is 1. The Hall–Kier alpha value is -1.87. The van der Waals surface area contributed by atoms with Gasteiger partial charge in [0.05, 0.1) is 0 Å². The average molecular weight is 283 g/mol. The van der Waals surface area contributed by atoms with Crippen molar-refractivity contribution in [1.29, 1.82) is 0 Å². The molecule has 0 aliphatic rings. The van der Waals surface area contributed by atoms with Crippen molar-refractivity contribution in [2.24, 2.45) is 0 Å². The molecule has 0 saturated carbocycles. The van der Waals surface area contributed by atoms with Crippen LogP contribution in [-0.2, 0) is 0 Å². The van der Waals surface area contributed by atoms with Gasteiger partial charge in [-0.3, -0.25) is 0 Å². The molecule has 0 saturated heterocycles. The minimum absolute atomic E-state index is 0.346. The standard InChI is InChI=1S/C18H25N3/c1-4-13-19-15(3)16-11-12-18(20-14-16)21(5-2)17-9-7-6-8-10-17/h6-12,14-15,19H,4-5,13H2,1-3H3. The predicted octanol–water partition coefficient (Wildman–Crippen LogP) is 4.30. The van der Waals surface area contributed by atoms with Crippen molar-refractivity contribution < 1.29 is 0 Å². The summed E-state index contributed by atoms with van der Waals surface area (Å²) in [6.45, 7) is 8.45. The normalized spacial score (nSPS) is 12.1. The Morgan fingerprint density at radius 2 is 1.86 bits per heavy atom. The molecule has 2 aromatic rings. The topological polar surface area (TPSA) is 28.2 Å². The van der Waals surface area contributed by atoms with Gasteiger partial charge in [0.1, 0.15) is 5.82 Å². The van der Waals surface area contributed by atoms with Crippen LogP contribution in [0.1, 0.15) is 38.8 Å². The van der Waals surface area contributed by atoms with Crippen LogP contribution >= 0.6 is 0 Å². The number of pyridine rings is 1. The maximum absolute atomic E-state index is 4.64. The first kappa shape index (κ1) is 15.5. The molecule has 3 heteroatoms. The molecule has 0 radical (unpaired) electrons. The third-order valence-corrected chi connectivity index (χ3v) is 3.63. The van der Waals surface area contributed by atoms with Crippen LogP contribution in [0.3, 0.4) is 0 Å². The van der Waals surface area contributed by atoms with Crippen LogP contribution in [0.15, 0.2) is 48.7 Å². The summed E-state index contributed by atoms with van der Waals surface area (Å²) in [4.78, 5) is 6.86. The van der Waals surface area contributed by atoms with Gasteiger partial charge in [-0.1, -0.05) is 31.2 Å². The van der Waals surface area contributed by atoms with Gasteiger partial charge in [0.15, 0.2) is 0 Å². The molecule has 21 heavy (non-hydrogen) atoms. The van der Waals surface area contributed by atoms with Crippen LogP contribution in [0.2, 0.25) is 0 Å². The minimum Gasteiger partial charge on any atom is -0.327 e. The molecule has 1 aromatic carbocycles. The molecule has 3 nitrogen and oxygen atoms in total. The molecule has 1 aromatic heterocycles. The second-order valence-electron chi connectivity index (χ2n) is 5.21. The summed E-state index contributed by atoms with van der Waals surface area (Å²) >= 11 is 0. The SMILES string of the molecule is CCCNC(C)c1ccc(N(CC)c2ccccc2)nc1. The molecule has 1 heterocycles. The molecule has 0 bridgehead atoms. The summed E-state index contributed by atoms with van der Waals surface area (Å²) in [7, 11) is 0. The molecule has 1 atom stereocenters. The lowest BCUT2D eigenvalue weighted by molar-refractivity contribution is 0.569. The Bertz CT molecular complexity index is 522. The molecule has 1 unspecified atom stereocenters. The second kappa shape index (κ2) is 7.79. The lowest BCUT2D eigenvalue weighted by Gasteiger charge is -2.22. The Balaban J connectivity index is 2.13. The van der Waals surface area contributed by atoms with E-state index in [9.17, 15) is 0 Å². The maximum Gasteiger partial charge on any atom is 0.132 e. The molecular formula is C18H25N3. The van der Waals surface area contributed by atoms with Crippen molar-refractivity contribution in [1.82, 2.24) is 10.3 Å². The van der Waals surface area contributed by atoms with E-state index in [0.29, 0.717) is 6.04 Å². The van der Waals surface area contributed by atoms with E-state index in [0.717, 1.165) is 25.3 Å². The Kier molecular flexibility index (Phi) is 5.76. The number of nitrogens with one attached hydrogen (secondary N) is 1. The van der Waals surface area contributed by atoms with Gasteiger partial charge in [0.25, 0.3) is 0 Å². The van der Waals surface area contributed by atoms with Gasteiger partial charge >= 0.3 is 0 Å². The third kappa shape index (κ3) is 4.05. The fourth-order valence-electron chi connectivity index (χ4n) is 2.38. The smallest absolute Gasteiger partial charge is 0.132 e. The number of para-hydroxylation sites is 1. The fraction of sp³-hybridized carbons (Fsp3) is 0.389. The monoisotopic (exact) mass is 283 g/mol. The van der Waals surface area contributed by atoms with Crippen LogP contribution in [-0.4, -0.2) is 18.1 Å². The predicted molar refractivity (Wildman–Crippen MR) is 90.1 cm³/mol. The van der Waals surface area contributed by atoms with E-state index >= 15 is 0 Å². The number of aromatic nitrogens is 1. The summed E-state index contributed by atoms with van der Waals surface area (Å²) in [5.74, 6) is 0.996. The quantitative estimate of drug-likeness (QED) is 0.821. The van der Waals surface area contributed by atoms with Crippen molar-refractivity contribution in [2.45, 2.75) is 33.2 Å². The minimum atomic E-state index is 0.346. The largest absolute Gasteiger partial charge is 0.327 e. The zero-order valence-corrected chi connectivity index (χ0v) is 13.2. The first-order chi connectivity index (χ1) is 10.3. The third-order valence-electron chi connectivity index (χ3n) is 3.63. The molecule has 112 valence electrons. The van der Waals surface area contributed by atoms with E-state index in [1.165, 1.54) is 11.3 Å². The summed E-state index contributed by atoms with van der Waals surface area (Å²) in [5, 5.41) is 3.49. The maximum atomic E-state index is 4.64. The Morgan fingerprint density at radius 1 is 1.10 bits per heavy atom. The van der Waals surface area contributed by atoms with Crippen LogP contribution in [0.4, 0.5) is 11.5 Å². The van der Waals surface area contributed by atoms with Crippen molar-refractivity contribution in [2.75, 3.05) is 18.0 Å². The van der Waals surface area contributed by atoms with Crippen molar-refractivity contribution in [3.63, 3.8) is 0 Å². The molecule has 0 aliphatic carbocycles. The van der Waals surface area contributed by atoms with Gasteiger partial charge < -0.3 is 10.2 Å². The Labute approximate surface area is 128 Å². The van der Waals surface area contributed by atoms with E-state index in [1.807, 2.05) is 12.3 Å². The van der Waals surface area contributed by atoms with Gasteiger partial charge in [-0.05, 0) is 50.6 Å². The highest BCUT2D eigenvalue weighted by atomic mass is 15.2. The van der Waals surface area contributed by atoms with Crippen LogP contribution in [0.5, 0.6) is 0 Å². The van der Waals surface area contributed by atoms with Gasteiger partial charge in [0, 0.05) is 24.5 Å². The molecule has 2 rings (SSSR count). The van der Waals surface area contributed by atoms with Crippen molar-refractivity contribution in [3.05, 3.63) is 54.2 Å². The van der Waals surface area contributed by atoms with Gasteiger partial charge in [-0.2, -0.15) is 0 Å². The van der Waals surface area contributed by atoms with Gasteiger partial charge in [0.2, 0.25) is 0 Å². The van der Waals surface area contributed by atoms with Gasteiger partial charge in [-0.25, -0.2) is 4.98 Å². The van der Waals surface area contributed by atoms with E-state index < -0.39 is 0 Å². The molecule has 0 fully saturated rings. The summed E-state index contributed by atoms with van der Waals surface area (Å²) in [6, 6.07) is 15.0. The summed E-state index contributed by atoms with van der Waals surface area (Å²) in [5.41, 5.74) is 2.41. The summed E-state index contributed by atoms with van der Waals surface area (Å²) < 4.78 is 0. The second-order valence-corrected chi connectivity index (χ2v) is 5.21. The first-order valence-corrected chi connectivity index (χ1v) is 7.78. The number of anilines is 2. The Morgan fingerprint density at radius 3 is 2.43 bits per heavy atom. The van der Waals surface area contributed by atoms with Crippen LogP contribution in [0.25, 0.3) is 0 Å². The molecule has 1 N–H and O–H groups in total. The number of nitrogens with zero attached hydrogens (tertiary/aromatic N) is 2. The zero-order chi connectivity index (χ0) is 15.1. The average Bonchev–Trinajstić information content (AvgIpc) is 2.55. The van der Waals surface area contributed by atoms with Crippen LogP contribution < -0.4 is 10.2 Å². The number of hydrogen-bond donors (Lipinski definition) is 1. The van der Waals surface area contributed by atoms with Crippen molar-refractivity contribution >= 4 is 11.5 Å². The molecule has 0 aliphatic heterocycles. The molecule has 0 spiro atoms. The van der Waals surface area contributed by atoms with E-state index in [-0.39, 0.29) is 0 Å². The van der Waals surface area contributed by atoms with E-state index in [2.05, 4.69) is 72.4 Å². The van der Waals surface area contributed by atoms with E-state index in [1.54, 1.807) is 0 Å². The lowest BCUT2D eigenvalue weighted by atomic mass is 10.1. The molecular weight excluding hydrogens is 258 g/mol. The van der Waals surface area contributed by atoms with Crippen molar-refractivity contribution in [3.8, 4) is 0 Å². The lowest BCUT2D eigenvalue weighted by Crippen LogP contribution is -2.20. The fourth-order valence-corrected chi connectivity index (χ4v) is 2.38. The van der Waals surface area contributed by atoms with Gasteiger partial charge in [-0.15, -0.1) is 0 Å².